The van der Waals surface area contributed by atoms with Crippen LogP contribution in [0.15, 0.2) is 180 Å². The van der Waals surface area contributed by atoms with E-state index in [4.69, 9.17) is 14.4 Å². The quantitative estimate of drug-likeness (QED) is 0.179. The second-order valence-corrected chi connectivity index (χ2v) is 15.0. The molecule has 10 aromatic rings. The summed E-state index contributed by atoms with van der Waals surface area (Å²) in [6, 6.07) is 62.3. The summed E-state index contributed by atoms with van der Waals surface area (Å²) < 4.78 is 6.59. The van der Waals surface area contributed by atoms with Crippen molar-refractivity contribution in [2.45, 2.75) is 19.3 Å². The fourth-order valence-corrected chi connectivity index (χ4v) is 8.80. The van der Waals surface area contributed by atoms with E-state index >= 15 is 0 Å². The lowest BCUT2D eigenvalue weighted by atomic mass is 9.82. The number of hydrogen-bond acceptors (Lipinski definition) is 4. The summed E-state index contributed by atoms with van der Waals surface area (Å²) in [7, 11) is 0. The Bertz CT molecular complexity index is 3140. The highest BCUT2D eigenvalue weighted by Gasteiger charge is 2.35. The number of aromatic nitrogens is 2. The lowest BCUT2D eigenvalue weighted by molar-refractivity contribution is 0.660. The topological polar surface area (TPSA) is 42.2 Å². The summed E-state index contributed by atoms with van der Waals surface area (Å²) in [5.74, 6) is 0.671. The number of rotatable bonds is 5. The van der Waals surface area contributed by atoms with E-state index in [1.54, 1.807) is 0 Å². The van der Waals surface area contributed by atoms with Crippen molar-refractivity contribution in [3.05, 3.63) is 187 Å². The molecule has 0 spiro atoms. The van der Waals surface area contributed by atoms with Crippen LogP contribution in [0.3, 0.4) is 0 Å². The third-order valence-electron chi connectivity index (χ3n) is 11.4. The Morgan fingerprint density at radius 1 is 0.491 bits per heavy atom. The van der Waals surface area contributed by atoms with Crippen molar-refractivity contribution in [2.24, 2.45) is 0 Å². The SMILES string of the molecule is CC1(C)c2ccccc2-c2ccc(N(c3ccccc3)c3cccc(-c4nc(-c5cccc6oc7c8ccccc8ccc7c56)c5ccccc5n4)c3)cc21. The number of furan rings is 1. The average Bonchev–Trinajstić information content (AvgIpc) is 3.73. The summed E-state index contributed by atoms with van der Waals surface area (Å²) >= 11 is 0. The molecule has 0 unspecified atom stereocenters. The predicted octanol–water partition coefficient (Wildman–Crippen LogP) is 13.8. The van der Waals surface area contributed by atoms with Gasteiger partial charge in [0.1, 0.15) is 11.2 Å². The molecule has 4 heteroatoms. The van der Waals surface area contributed by atoms with Crippen LogP contribution in [0.4, 0.5) is 17.1 Å². The number of anilines is 3. The number of hydrogen-bond donors (Lipinski definition) is 0. The fraction of sp³-hybridized carbons (Fsp3) is 0.0588. The zero-order valence-electron chi connectivity index (χ0n) is 30.5. The minimum atomic E-state index is -0.113. The van der Waals surface area contributed by atoms with Crippen LogP contribution < -0.4 is 4.90 Å². The first-order valence-corrected chi connectivity index (χ1v) is 18.8. The number of nitrogens with zero attached hydrogens (tertiary/aromatic N) is 3. The maximum atomic E-state index is 6.59. The molecule has 11 rings (SSSR count). The third-order valence-corrected chi connectivity index (χ3v) is 11.4. The molecular formula is C51H35N3O. The van der Waals surface area contributed by atoms with Crippen LogP contribution in [0.5, 0.6) is 0 Å². The van der Waals surface area contributed by atoms with E-state index in [2.05, 4.69) is 189 Å². The average molecular weight is 706 g/mol. The summed E-state index contributed by atoms with van der Waals surface area (Å²) in [5, 5.41) is 5.39. The van der Waals surface area contributed by atoms with Gasteiger partial charge in [0, 0.05) is 55.1 Å². The number of fused-ring (bicyclic) bond motifs is 9. The van der Waals surface area contributed by atoms with Crippen LogP contribution in [0.2, 0.25) is 0 Å². The summed E-state index contributed by atoms with van der Waals surface area (Å²) in [5.41, 5.74) is 13.9. The molecule has 0 saturated carbocycles. The van der Waals surface area contributed by atoms with Gasteiger partial charge in [0.15, 0.2) is 5.82 Å². The molecule has 0 fully saturated rings. The molecule has 0 atom stereocenters. The van der Waals surface area contributed by atoms with E-state index < -0.39 is 0 Å². The van der Waals surface area contributed by atoms with Gasteiger partial charge in [0.2, 0.25) is 0 Å². The van der Waals surface area contributed by atoms with Gasteiger partial charge < -0.3 is 9.32 Å². The highest BCUT2D eigenvalue weighted by molar-refractivity contribution is 6.20. The number of para-hydroxylation sites is 2. The van der Waals surface area contributed by atoms with Gasteiger partial charge in [0.25, 0.3) is 0 Å². The van der Waals surface area contributed by atoms with Gasteiger partial charge in [-0.2, -0.15) is 0 Å². The maximum Gasteiger partial charge on any atom is 0.160 e. The zero-order valence-corrected chi connectivity index (χ0v) is 30.5. The van der Waals surface area contributed by atoms with E-state index in [0.717, 1.165) is 77.5 Å². The molecule has 0 N–H and O–H groups in total. The van der Waals surface area contributed by atoms with Crippen LogP contribution >= 0.6 is 0 Å². The van der Waals surface area contributed by atoms with Gasteiger partial charge in [0.05, 0.1) is 11.2 Å². The van der Waals surface area contributed by atoms with Crippen LogP contribution in [0.1, 0.15) is 25.0 Å². The number of benzene rings is 8. The maximum absolute atomic E-state index is 6.59. The Morgan fingerprint density at radius 3 is 2.11 bits per heavy atom. The third kappa shape index (κ3) is 4.85. The highest BCUT2D eigenvalue weighted by Crippen LogP contribution is 2.51. The van der Waals surface area contributed by atoms with E-state index in [0.29, 0.717) is 5.82 Å². The van der Waals surface area contributed by atoms with E-state index in [-0.39, 0.29) is 5.41 Å². The molecule has 8 aromatic carbocycles. The van der Waals surface area contributed by atoms with Gasteiger partial charge in [-0.05, 0) is 82.2 Å². The summed E-state index contributed by atoms with van der Waals surface area (Å²) in [4.78, 5) is 12.9. The minimum absolute atomic E-state index is 0.113. The molecule has 0 amide bonds. The first-order chi connectivity index (χ1) is 27.0. The van der Waals surface area contributed by atoms with Gasteiger partial charge in [-0.15, -0.1) is 0 Å². The van der Waals surface area contributed by atoms with Gasteiger partial charge in [-0.3, -0.25) is 0 Å². The molecule has 2 heterocycles. The molecule has 1 aliphatic rings. The van der Waals surface area contributed by atoms with E-state index in [1.807, 2.05) is 6.07 Å². The second-order valence-electron chi connectivity index (χ2n) is 15.0. The van der Waals surface area contributed by atoms with E-state index in [9.17, 15) is 0 Å². The molecule has 0 bridgehead atoms. The van der Waals surface area contributed by atoms with E-state index in [1.165, 1.54) is 22.3 Å². The summed E-state index contributed by atoms with van der Waals surface area (Å²) in [6.45, 7) is 4.66. The molecule has 55 heavy (non-hydrogen) atoms. The molecule has 0 aliphatic heterocycles. The first-order valence-electron chi connectivity index (χ1n) is 18.8. The molecule has 4 nitrogen and oxygen atoms in total. The molecular weight excluding hydrogens is 671 g/mol. The molecule has 1 aliphatic carbocycles. The van der Waals surface area contributed by atoms with Crippen LogP contribution in [-0.2, 0) is 5.41 Å². The van der Waals surface area contributed by atoms with Crippen molar-refractivity contribution in [2.75, 3.05) is 4.90 Å². The van der Waals surface area contributed by atoms with Crippen molar-refractivity contribution in [3.8, 4) is 33.8 Å². The largest absolute Gasteiger partial charge is 0.455 e. The van der Waals surface area contributed by atoms with Gasteiger partial charge >= 0.3 is 0 Å². The summed E-state index contributed by atoms with van der Waals surface area (Å²) in [6.07, 6.45) is 0. The lowest BCUT2D eigenvalue weighted by Crippen LogP contribution is -2.16. The molecule has 2 aromatic heterocycles. The van der Waals surface area contributed by atoms with Crippen molar-refractivity contribution in [1.82, 2.24) is 9.97 Å². The van der Waals surface area contributed by atoms with Crippen LogP contribution in [0.25, 0.3) is 77.4 Å². The molecule has 0 saturated heterocycles. The lowest BCUT2D eigenvalue weighted by Gasteiger charge is -2.28. The predicted molar refractivity (Wildman–Crippen MR) is 227 cm³/mol. The Labute approximate surface area is 319 Å². The van der Waals surface area contributed by atoms with Crippen LogP contribution in [0, 0.1) is 0 Å². The minimum Gasteiger partial charge on any atom is -0.455 e. The fourth-order valence-electron chi connectivity index (χ4n) is 8.80. The van der Waals surface area contributed by atoms with Crippen molar-refractivity contribution >= 4 is 60.7 Å². The monoisotopic (exact) mass is 705 g/mol. The Balaban J connectivity index is 1.08. The van der Waals surface area contributed by atoms with Gasteiger partial charge in [-0.25, -0.2) is 9.97 Å². The normalized spacial score (nSPS) is 13.1. The second kappa shape index (κ2) is 12.0. The Kier molecular flexibility index (Phi) is 6.86. The highest BCUT2D eigenvalue weighted by atomic mass is 16.3. The van der Waals surface area contributed by atoms with Gasteiger partial charge in [-0.1, -0.05) is 135 Å². The standard InChI is InChI=1S/C51H35N3O/c1-51(2)43-23-10-8-20-38(43)39-29-27-36(31-44(39)51)54(34-16-4-3-5-17-34)35-18-12-15-33(30-35)50-52-45-24-11-9-21-40(45)48(53-50)41-22-13-25-46-47(41)42-28-26-32-14-6-7-19-37(32)49(42)55-46/h3-31H,1-2H3. The Hall–Kier alpha value is -7.04. The van der Waals surface area contributed by atoms with Crippen molar-refractivity contribution in [1.29, 1.82) is 0 Å². The van der Waals surface area contributed by atoms with Crippen molar-refractivity contribution in [3.63, 3.8) is 0 Å². The van der Waals surface area contributed by atoms with Crippen LogP contribution in [-0.4, -0.2) is 9.97 Å². The van der Waals surface area contributed by atoms with Crippen molar-refractivity contribution < 1.29 is 4.42 Å². The zero-order chi connectivity index (χ0) is 36.7. The smallest absolute Gasteiger partial charge is 0.160 e. The Morgan fingerprint density at radius 2 is 1.20 bits per heavy atom. The molecule has 0 radical (unpaired) electrons. The molecule has 260 valence electrons. The first kappa shape index (κ1) is 31.5.